The van der Waals surface area contributed by atoms with Crippen LogP contribution in [-0.2, 0) is 6.54 Å². The van der Waals surface area contributed by atoms with Gasteiger partial charge in [0.05, 0.1) is 11.6 Å². The second-order valence-corrected chi connectivity index (χ2v) is 5.85. The van der Waals surface area contributed by atoms with Crippen molar-refractivity contribution in [3.05, 3.63) is 82.9 Å². The van der Waals surface area contributed by atoms with E-state index in [1.165, 1.54) is 6.07 Å². The Kier molecular flexibility index (Phi) is 4.63. The predicted molar refractivity (Wildman–Crippen MR) is 91.2 cm³/mol. The number of hydrogen-bond acceptors (Lipinski definition) is 2. The van der Waals surface area contributed by atoms with Crippen molar-refractivity contribution in [2.24, 2.45) is 0 Å². The Morgan fingerprint density at radius 2 is 2.09 bits per heavy atom. The van der Waals surface area contributed by atoms with Crippen molar-refractivity contribution in [1.29, 1.82) is 0 Å². The molecule has 3 nitrogen and oxygen atoms in total. The Morgan fingerprint density at radius 1 is 1.22 bits per heavy atom. The fraction of sp³-hybridized carbons (Fsp3) is 0.167. The number of benzene rings is 2. The average molecular weight is 330 g/mol. The molecule has 1 N–H and O–H groups in total. The van der Waals surface area contributed by atoms with Crippen molar-refractivity contribution in [3.8, 4) is 0 Å². The van der Waals surface area contributed by atoms with Crippen molar-refractivity contribution in [1.82, 2.24) is 9.78 Å². The molecule has 3 rings (SSSR count). The molecule has 1 heterocycles. The highest BCUT2D eigenvalue weighted by atomic mass is 35.5. The van der Waals surface area contributed by atoms with Gasteiger partial charge in [-0.2, -0.15) is 5.10 Å². The minimum absolute atomic E-state index is 0.0213. The number of halogens is 2. The number of anilines is 1. The molecule has 0 amide bonds. The number of hydrogen-bond donors (Lipinski definition) is 1. The van der Waals surface area contributed by atoms with Crippen molar-refractivity contribution in [2.45, 2.75) is 19.5 Å². The molecule has 0 fully saturated rings. The topological polar surface area (TPSA) is 29.9 Å². The van der Waals surface area contributed by atoms with E-state index in [-0.39, 0.29) is 11.1 Å². The average Bonchev–Trinajstić information content (AvgIpc) is 3.03. The maximum atomic E-state index is 13.3. The first kappa shape index (κ1) is 15.6. The monoisotopic (exact) mass is 329 g/mol. The van der Waals surface area contributed by atoms with Crippen molar-refractivity contribution in [3.63, 3.8) is 0 Å². The lowest BCUT2D eigenvalue weighted by Crippen LogP contribution is -2.07. The minimum Gasteiger partial charge on any atom is -0.379 e. The van der Waals surface area contributed by atoms with E-state index in [1.54, 1.807) is 18.3 Å². The van der Waals surface area contributed by atoms with Gasteiger partial charge in [-0.05, 0) is 48.4 Å². The number of rotatable bonds is 5. The zero-order chi connectivity index (χ0) is 16.2. The molecule has 118 valence electrons. The Balaban J connectivity index is 1.73. The summed E-state index contributed by atoms with van der Waals surface area (Å²) >= 11 is 5.85. The summed E-state index contributed by atoms with van der Waals surface area (Å²) in [4.78, 5) is 0. The van der Waals surface area contributed by atoms with Gasteiger partial charge in [-0.3, -0.25) is 4.68 Å². The summed E-state index contributed by atoms with van der Waals surface area (Å²) in [5.41, 5.74) is 3.10. The summed E-state index contributed by atoms with van der Waals surface area (Å²) in [6.45, 7) is 2.74. The lowest BCUT2D eigenvalue weighted by Gasteiger charge is -2.17. The molecule has 1 unspecified atom stereocenters. The Labute approximate surface area is 139 Å². The zero-order valence-corrected chi connectivity index (χ0v) is 13.5. The molecule has 5 heteroatoms. The van der Waals surface area contributed by atoms with Crippen LogP contribution in [0.2, 0.25) is 5.02 Å². The van der Waals surface area contributed by atoms with Crippen LogP contribution in [0.15, 0.2) is 60.9 Å². The van der Waals surface area contributed by atoms with E-state index in [1.807, 2.05) is 36.0 Å². The van der Waals surface area contributed by atoms with Gasteiger partial charge in [0, 0.05) is 24.1 Å². The minimum atomic E-state index is -0.399. The van der Waals surface area contributed by atoms with Gasteiger partial charge in [-0.15, -0.1) is 0 Å². The zero-order valence-electron chi connectivity index (χ0n) is 12.7. The Bertz CT molecular complexity index is 787. The van der Waals surface area contributed by atoms with Crippen LogP contribution in [0.1, 0.15) is 24.1 Å². The van der Waals surface area contributed by atoms with Crippen LogP contribution in [0.25, 0.3) is 0 Å². The maximum absolute atomic E-state index is 13.3. The lowest BCUT2D eigenvalue weighted by atomic mass is 10.1. The highest BCUT2D eigenvalue weighted by Gasteiger charge is 2.08. The molecule has 0 bridgehead atoms. The third-order valence-electron chi connectivity index (χ3n) is 3.66. The van der Waals surface area contributed by atoms with Crippen molar-refractivity contribution < 1.29 is 4.39 Å². The van der Waals surface area contributed by atoms with Gasteiger partial charge in [-0.1, -0.05) is 29.8 Å². The maximum Gasteiger partial charge on any atom is 0.141 e. The molecular formula is C18H17ClFN3. The first-order valence-corrected chi connectivity index (χ1v) is 7.77. The van der Waals surface area contributed by atoms with Crippen LogP contribution in [-0.4, -0.2) is 9.78 Å². The summed E-state index contributed by atoms with van der Waals surface area (Å²) in [5.74, 6) is -0.399. The lowest BCUT2D eigenvalue weighted by molar-refractivity contribution is 0.627. The Morgan fingerprint density at radius 3 is 2.83 bits per heavy atom. The fourth-order valence-electron chi connectivity index (χ4n) is 2.46. The second-order valence-electron chi connectivity index (χ2n) is 5.44. The van der Waals surface area contributed by atoms with Crippen LogP contribution < -0.4 is 5.32 Å². The van der Waals surface area contributed by atoms with E-state index < -0.39 is 5.82 Å². The van der Waals surface area contributed by atoms with E-state index in [0.717, 1.165) is 23.4 Å². The van der Waals surface area contributed by atoms with Gasteiger partial charge < -0.3 is 5.32 Å². The highest BCUT2D eigenvalue weighted by Crippen LogP contribution is 2.24. The molecule has 23 heavy (non-hydrogen) atoms. The molecule has 0 radical (unpaired) electrons. The standard InChI is InChI=1S/C18H17ClFN3/c1-13(15-6-7-18(20)17(19)11-15)22-16-5-2-4-14(10-16)12-23-9-3-8-21-23/h2-11,13,22H,12H2,1H3. The van der Waals surface area contributed by atoms with Crippen LogP contribution in [0, 0.1) is 5.82 Å². The van der Waals surface area contributed by atoms with E-state index in [4.69, 9.17) is 11.6 Å². The van der Waals surface area contributed by atoms with Crippen molar-refractivity contribution in [2.75, 3.05) is 5.32 Å². The predicted octanol–water partition coefficient (Wildman–Crippen LogP) is 4.90. The molecule has 0 saturated carbocycles. The largest absolute Gasteiger partial charge is 0.379 e. The molecule has 2 aromatic carbocycles. The third-order valence-corrected chi connectivity index (χ3v) is 3.95. The molecule has 3 aromatic rings. The van der Waals surface area contributed by atoms with E-state index in [0.29, 0.717) is 0 Å². The van der Waals surface area contributed by atoms with Crippen LogP contribution in [0.5, 0.6) is 0 Å². The number of nitrogens with one attached hydrogen (secondary N) is 1. The normalized spacial score (nSPS) is 12.1. The summed E-state index contributed by atoms with van der Waals surface area (Å²) in [6.07, 6.45) is 3.70. The molecule has 0 spiro atoms. The molecule has 0 aliphatic heterocycles. The smallest absolute Gasteiger partial charge is 0.141 e. The third kappa shape index (κ3) is 3.90. The number of aromatic nitrogens is 2. The van der Waals surface area contributed by atoms with Gasteiger partial charge in [-0.25, -0.2) is 4.39 Å². The highest BCUT2D eigenvalue weighted by molar-refractivity contribution is 6.30. The molecule has 0 aliphatic carbocycles. The summed E-state index contributed by atoms with van der Waals surface area (Å²) in [6, 6.07) is 14.9. The van der Waals surface area contributed by atoms with Crippen LogP contribution in [0.3, 0.4) is 0 Å². The van der Waals surface area contributed by atoms with Gasteiger partial charge in [0.2, 0.25) is 0 Å². The fourth-order valence-corrected chi connectivity index (χ4v) is 2.64. The second kappa shape index (κ2) is 6.84. The van der Waals surface area contributed by atoms with Crippen LogP contribution >= 0.6 is 11.6 Å². The Hall–Kier alpha value is -2.33. The summed E-state index contributed by atoms with van der Waals surface area (Å²) in [5, 5.41) is 7.77. The van der Waals surface area contributed by atoms with E-state index in [9.17, 15) is 4.39 Å². The van der Waals surface area contributed by atoms with Crippen molar-refractivity contribution >= 4 is 17.3 Å². The first-order valence-electron chi connectivity index (χ1n) is 7.39. The van der Waals surface area contributed by atoms with Gasteiger partial charge in [0.15, 0.2) is 0 Å². The molecule has 1 aromatic heterocycles. The van der Waals surface area contributed by atoms with Gasteiger partial charge >= 0.3 is 0 Å². The molecule has 0 aliphatic rings. The summed E-state index contributed by atoms with van der Waals surface area (Å²) in [7, 11) is 0. The van der Waals surface area contributed by atoms with Gasteiger partial charge in [0.1, 0.15) is 5.82 Å². The van der Waals surface area contributed by atoms with Crippen LogP contribution in [0.4, 0.5) is 10.1 Å². The first-order chi connectivity index (χ1) is 11.1. The molecule has 1 atom stereocenters. The number of nitrogens with zero attached hydrogens (tertiary/aromatic N) is 2. The molecule has 0 saturated heterocycles. The van der Waals surface area contributed by atoms with Gasteiger partial charge in [0.25, 0.3) is 0 Å². The van der Waals surface area contributed by atoms with E-state index >= 15 is 0 Å². The SMILES string of the molecule is CC(Nc1cccc(Cn2cccn2)c1)c1ccc(F)c(Cl)c1. The van der Waals surface area contributed by atoms with E-state index in [2.05, 4.69) is 22.5 Å². The molecular weight excluding hydrogens is 313 g/mol. The quantitative estimate of drug-likeness (QED) is 0.721. The summed E-state index contributed by atoms with van der Waals surface area (Å²) < 4.78 is 15.1.